The van der Waals surface area contributed by atoms with Gasteiger partial charge in [-0.15, -0.1) is 0 Å². The van der Waals surface area contributed by atoms with Gasteiger partial charge in [0.25, 0.3) is 0 Å². The molecule has 14 heteroatoms. The zero-order valence-corrected chi connectivity index (χ0v) is 26.6. The molecule has 0 saturated carbocycles. The Hall–Kier alpha value is -5.08. The van der Waals surface area contributed by atoms with Crippen molar-refractivity contribution in [2.45, 2.75) is 49.9 Å². The minimum Gasteiger partial charge on any atom is -0.480 e. The first kappa shape index (κ1) is 33.3. The Bertz CT molecular complexity index is 1830. The number of aliphatic carboxylic acids is 1. The third-order valence-electron chi connectivity index (χ3n) is 8.02. The number of carboxylic acid groups (broad SMARTS) is 1. The lowest BCUT2D eigenvalue weighted by Crippen LogP contribution is -2.58. The van der Waals surface area contributed by atoms with E-state index in [-0.39, 0.29) is 25.7 Å². The number of imidazole rings is 1. The van der Waals surface area contributed by atoms with Crippen LogP contribution < -0.4 is 21.7 Å². The van der Waals surface area contributed by atoms with Crippen LogP contribution in [-0.4, -0.2) is 84.9 Å². The minimum atomic E-state index is -1.25. The maximum absolute atomic E-state index is 13.9. The van der Waals surface area contributed by atoms with Crippen molar-refractivity contribution >= 4 is 57.3 Å². The van der Waals surface area contributed by atoms with Crippen molar-refractivity contribution in [3.8, 4) is 0 Å². The lowest BCUT2D eigenvalue weighted by molar-refractivity contribution is -0.142. The molecule has 3 heterocycles. The summed E-state index contributed by atoms with van der Waals surface area (Å²) in [6.07, 6.45) is 8.96. The average molecular weight is 659 g/mol. The van der Waals surface area contributed by atoms with Gasteiger partial charge in [0, 0.05) is 58.9 Å². The molecule has 0 radical (unpaired) electrons. The summed E-state index contributed by atoms with van der Waals surface area (Å²) in [7, 11) is 0. The van der Waals surface area contributed by atoms with Crippen LogP contribution in [0.25, 0.3) is 21.8 Å². The van der Waals surface area contributed by atoms with Crippen molar-refractivity contribution in [2.24, 2.45) is 5.73 Å². The van der Waals surface area contributed by atoms with E-state index in [9.17, 15) is 24.3 Å². The van der Waals surface area contributed by atoms with Gasteiger partial charge in [-0.3, -0.25) is 14.4 Å². The van der Waals surface area contributed by atoms with E-state index >= 15 is 0 Å². The number of carboxylic acids is 1. The van der Waals surface area contributed by atoms with E-state index in [0.717, 1.165) is 32.9 Å². The van der Waals surface area contributed by atoms with Gasteiger partial charge in [0.05, 0.1) is 12.4 Å². The number of fused-ring (bicyclic) bond motifs is 2. The number of carbonyl (C=O) groups excluding carboxylic acids is 3. The number of H-pyrrole nitrogens is 3. The highest BCUT2D eigenvalue weighted by Crippen LogP contribution is 2.21. The molecule has 0 fully saturated rings. The van der Waals surface area contributed by atoms with Crippen LogP contribution in [0.3, 0.4) is 0 Å². The Labute approximate surface area is 274 Å². The average Bonchev–Trinajstić information content (AvgIpc) is 3.83. The molecule has 0 bridgehead atoms. The van der Waals surface area contributed by atoms with Gasteiger partial charge < -0.3 is 41.7 Å². The Morgan fingerprint density at radius 3 is 1.96 bits per heavy atom. The molecule has 0 spiro atoms. The smallest absolute Gasteiger partial charge is 0.326 e. The summed E-state index contributed by atoms with van der Waals surface area (Å²) in [5.74, 6) is -2.47. The van der Waals surface area contributed by atoms with E-state index in [2.05, 4.69) is 35.9 Å². The molecule has 3 amide bonds. The number of nitrogens with one attached hydrogen (secondary N) is 6. The fourth-order valence-electron chi connectivity index (χ4n) is 5.50. The molecule has 5 rings (SSSR count). The third-order valence-corrected chi connectivity index (χ3v) is 8.66. The predicted octanol–water partition coefficient (Wildman–Crippen LogP) is 2.02. The fraction of sp³-hybridized carbons (Fsp3) is 0.303. The first-order chi connectivity index (χ1) is 22.7. The first-order valence-electron chi connectivity index (χ1n) is 15.2. The van der Waals surface area contributed by atoms with Gasteiger partial charge in [0.1, 0.15) is 18.1 Å². The Morgan fingerprint density at radius 2 is 1.36 bits per heavy atom. The second kappa shape index (κ2) is 15.5. The van der Waals surface area contributed by atoms with Gasteiger partial charge in [-0.25, -0.2) is 9.78 Å². The van der Waals surface area contributed by atoms with Gasteiger partial charge in [0.15, 0.2) is 0 Å². The van der Waals surface area contributed by atoms with Gasteiger partial charge in [-0.1, -0.05) is 36.4 Å². The van der Waals surface area contributed by atoms with Crippen LogP contribution in [-0.2, 0) is 38.4 Å². The fourth-order valence-corrected chi connectivity index (χ4v) is 5.98. The number of benzene rings is 2. The quantitative estimate of drug-likeness (QED) is 0.0784. The third kappa shape index (κ3) is 8.40. The number of amides is 3. The van der Waals surface area contributed by atoms with Crippen LogP contribution >= 0.6 is 11.8 Å². The van der Waals surface area contributed by atoms with Crippen LogP contribution in [0, 0.1) is 0 Å². The molecule has 246 valence electrons. The first-order valence-corrected chi connectivity index (χ1v) is 16.6. The van der Waals surface area contributed by atoms with E-state index in [4.69, 9.17) is 5.73 Å². The second-order valence-electron chi connectivity index (χ2n) is 11.3. The normalized spacial score (nSPS) is 13.9. The van der Waals surface area contributed by atoms with E-state index in [1.54, 1.807) is 6.20 Å². The van der Waals surface area contributed by atoms with Crippen LogP contribution in [0.5, 0.6) is 0 Å². The van der Waals surface area contributed by atoms with Crippen molar-refractivity contribution in [3.05, 3.63) is 90.3 Å². The summed E-state index contributed by atoms with van der Waals surface area (Å²) in [6.45, 7) is 0. The number of hydrogen-bond acceptors (Lipinski definition) is 7. The van der Waals surface area contributed by atoms with E-state index in [1.807, 2.05) is 61.0 Å². The maximum atomic E-state index is 13.9. The number of aromatic amines is 3. The number of thioether (sulfide) groups is 1. The summed E-state index contributed by atoms with van der Waals surface area (Å²) < 4.78 is 0. The Balaban J connectivity index is 1.34. The molecule has 0 aliphatic rings. The Morgan fingerprint density at radius 1 is 0.787 bits per heavy atom. The molecule has 2 aromatic carbocycles. The largest absolute Gasteiger partial charge is 0.480 e. The molecule has 4 unspecified atom stereocenters. The summed E-state index contributed by atoms with van der Waals surface area (Å²) in [5.41, 5.74) is 10.4. The number of para-hydroxylation sites is 2. The van der Waals surface area contributed by atoms with Gasteiger partial charge in [-0.2, -0.15) is 11.8 Å². The number of carbonyl (C=O) groups is 4. The molecule has 47 heavy (non-hydrogen) atoms. The predicted molar refractivity (Wildman–Crippen MR) is 181 cm³/mol. The number of nitrogens with zero attached hydrogens (tertiary/aromatic N) is 1. The number of hydrogen-bond donors (Lipinski definition) is 8. The molecule has 9 N–H and O–H groups in total. The van der Waals surface area contributed by atoms with Crippen LogP contribution in [0.2, 0.25) is 0 Å². The number of rotatable bonds is 16. The van der Waals surface area contributed by atoms with Gasteiger partial charge in [-0.05, 0) is 48.1 Å². The van der Waals surface area contributed by atoms with Crippen molar-refractivity contribution in [1.29, 1.82) is 0 Å². The van der Waals surface area contributed by atoms with Crippen molar-refractivity contribution < 1.29 is 24.3 Å². The molecule has 0 saturated heterocycles. The van der Waals surface area contributed by atoms with Gasteiger partial charge in [0.2, 0.25) is 17.7 Å². The lowest BCUT2D eigenvalue weighted by Gasteiger charge is -2.25. The highest BCUT2D eigenvalue weighted by atomic mass is 32.2. The monoisotopic (exact) mass is 658 g/mol. The summed E-state index contributed by atoms with van der Waals surface area (Å²) in [6, 6.07) is 11.0. The molecule has 13 nitrogen and oxygen atoms in total. The molecule has 0 aliphatic carbocycles. The zero-order valence-electron chi connectivity index (χ0n) is 25.8. The van der Waals surface area contributed by atoms with E-state index < -0.39 is 47.9 Å². The van der Waals surface area contributed by atoms with E-state index in [0.29, 0.717) is 11.4 Å². The molecule has 4 atom stereocenters. The van der Waals surface area contributed by atoms with Crippen molar-refractivity contribution in [3.63, 3.8) is 0 Å². The van der Waals surface area contributed by atoms with E-state index in [1.165, 1.54) is 24.3 Å². The van der Waals surface area contributed by atoms with Crippen LogP contribution in [0.4, 0.5) is 0 Å². The van der Waals surface area contributed by atoms with Crippen LogP contribution in [0.15, 0.2) is 73.4 Å². The standard InChI is InChI=1S/C33H38N8O5S/c1-47-11-10-27(31(43)41-29(33(45)46)14-21-17-35-18-38-21)39-32(44)28(13-20-16-37-26-9-5-3-7-23(20)26)40-30(42)24(34)12-19-15-36-25-8-4-2-6-22(19)25/h2-9,15-18,24,27-29,36-37H,10-14,34H2,1H3,(H,35,38)(H,39,44)(H,40,42)(H,41,43)(H,45,46). The summed E-state index contributed by atoms with van der Waals surface area (Å²) in [5, 5.41) is 19.8. The highest BCUT2D eigenvalue weighted by Gasteiger charge is 2.31. The number of nitrogens with two attached hydrogens (primary N) is 1. The Kier molecular flexibility index (Phi) is 11.0. The number of aromatic nitrogens is 4. The molecule has 0 aliphatic heterocycles. The molecule has 3 aromatic heterocycles. The zero-order chi connectivity index (χ0) is 33.3. The topological polar surface area (TPSA) is 211 Å². The van der Waals surface area contributed by atoms with Gasteiger partial charge >= 0.3 is 5.97 Å². The second-order valence-corrected chi connectivity index (χ2v) is 12.3. The minimum absolute atomic E-state index is 0.0160. The molecule has 5 aromatic rings. The van der Waals surface area contributed by atoms with Crippen molar-refractivity contribution in [2.75, 3.05) is 12.0 Å². The maximum Gasteiger partial charge on any atom is 0.326 e. The summed E-state index contributed by atoms with van der Waals surface area (Å²) >= 11 is 1.48. The molecular formula is C33H38N8O5S. The SMILES string of the molecule is CSCCC(NC(=O)C(Cc1c[nH]c2ccccc12)NC(=O)C(N)Cc1c[nH]c2ccccc12)C(=O)NC(Cc1cnc[nH]1)C(=O)O. The van der Waals surface area contributed by atoms with Crippen molar-refractivity contribution in [1.82, 2.24) is 35.9 Å². The summed E-state index contributed by atoms with van der Waals surface area (Å²) in [4.78, 5) is 65.9. The van der Waals surface area contributed by atoms with Crippen LogP contribution in [0.1, 0.15) is 23.2 Å². The lowest BCUT2D eigenvalue weighted by atomic mass is 10.0. The highest BCUT2D eigenvalue weighted by molar-refractivity contribution is 7.98. The molecular weight excluding hydrogens is 620 g/mol.